The molecule has 0 heterocycles. The molecule has 0 saturated heterocycles. The molecule has 1 amide bonds. The van der Waals surface area contributed by atoms with E-state index in [-0.39, 0.29) is 18.9 Å². The number of hydrogen-bond donors (Lipinski definition) is 1. The maximum absolute atomic E-state index is 12.0. The summed E-state index contributed by atoms with van der Waals surface area (Å²) in [4.78, 5) is 24.0. The molecule has 2 aromatic carbocycles. The molecule has 0 aliphatic heterocycles. The number of benzene rings is 2. The summed E-state index contributed by atoms with van der Waals surface area (Å²) in [5.41, 5.74) is 3.63. The van der Waals surface area contributed by atoms with Gasteiger partial charge in [0.25, 0.3) is 5.91 Å². The maximum atomic E-state index is 12.0. The number of amides is 1. The van der Waals surface area contributed by atoms with Crippen molar-refractivity contribution in [3.8, 4) is 5.75 Å². The van der Waals surface area contributed by atoms with Crippen LogP contribution in [-0.4, -0.2) is 25.6 Å². The third-order valence-electron chi connectivity index (χ3n) is 4.00. The van der Waals surface area contributed by atoms with Gasteiger partial charge in [0.05, 0.1) is 13.5 Å². The minimum Gasteiger partial charge on any atom is -0.496 e. The zero-order valence-electron chi connectivity index (χ0n) is 15.7. The van der Waals surface area contributed by atoms with Gasteiger partial charge in [0.1, 0.15) is 5.75 Å². The second-order valence-corrected chi connectivity index (χ2v) is 6.48. The molecule has 5 nitrogen and oxygen atoms in total. The van der Waals surface area contributed by atoms with Gasteiger partial charge in [0.2, 0.25) is 0 Å². The fraction of sp³-hybridized carbons (Fsp3) is 0.333. The van der Waals surface area contributed by atoms with Crippen molar-refractivity contribution in [2.24, 2.45) is 0 Å². The standard InChI is InChI=1S/C21H25NO4/c1-14(2)16-6-8-18(9-7-16)22-20(23)13-26-21(24)12-17-11-15(3)5-10-19(17)25-4/h5-11,14H,12-13H2,1-4H3,(H,22,23). The van der Waals surface area contributed by atoms with Crippen molar-refractivity contribution < 1.29 is 19.1 Å². The number of nitrogens with one attached hydrogen (secondary N) is 1. The largest absolute Gasteiger partial charge is 0.496 e. The molecular weight excluding hydrogens is 330 g/mol. The predicted molar refractivity (Wildman–Crippen MR) is 102 cm³/mol. The van der Waals surface area contributed by atoms with Gasteiger partial charge in [-0.05, 0) is 36.6 Å². The molecule has 0 atom stereocenters. The Hall–Kier alpha value is -2.82. The highest BCUT2D eigenvalue weighted by Crippen LogP contribution is 2.20. The van der Waals surface area contributed by atoms with Crippen molar-refractivity contribution >= 4 is 17.6 Å². The van der Waals surface area contributed by atoms with Gasteiger partial charge in [-0.1, -0.05) is 43.7 Å². The summed E-state index contributed by atoms with van der Waals surface area (Å²) in [5.74, 6) is 0.215. The normalized spacial score (nSPS) is 10.5. The van der Waals surface area contributed by atoms with E-state index in [4.69, 9.17) is 9.47 Å². The summed E-state index contributed by atoms with van der Waals surface area (Å²) in [7, 11) is 1.55. The van der Waals surface area contributed by atoms with Gasteiger partial charge in [-0.2, -0.15) is 0 Å². The van der Waals surface area contributed by atoms with E-state index in [1.54, 1.807) is 7.11 Å². The molecule has 138 valence electrons. The molecule has 0 bridgehead atoms. The highest BCUT2D eigenvalue weighted by molar-refractivity contribution is 5.92. The minimum atomic E-state index is -0.473. The second kappa shape index (κ2) is 9.04. The Morgan fingerprint density at radius 2 is 1.77 bits per heavy atom. The van der Waals surface area contributed by atoms with Crippen molar-refractivity contribution in [3.05, 3.63) is 59.2 Å². The van der Waals surface area contributed by atoms with E-state index < -0.39 is 5.97 Å². The van der Waals surface area contributed by atoms with Crippen LogP contribution in [0.3, 0.4) is 0 Å². The van der Waals surface area contributed by atoms with Crippen molar-refractivity contribution in [2.45, 2.75) is 33.1 Å². The quantitative estimate of drug-likeness (QED) is 0.766. The van der Waals surface area contributed by atoms with Crippen molar-refractivity contribution in [1.29, 1.82) is 0 Å². The van der Waals surface area contributed by atoms with Crippen LogP contribution >= 0.6 is 0 Å². The predicted octanol–water partition coefficient (Wildman–Crippen LogP) is 3.85. The number of rotatable bonds is 7. The maximum Gasteiger partial charge on any atom is 0.310 e. The zero-order valence-corrected chi connectivity index (χ0v) is 15.7. The third-order valence-corrected chi connectivity index (χ3v) is 4.00. The lowest BCUT2D eigenvalue weighted by Crippen LogP contribution is -2.21. The summed E-state index contributed by atoms with van der Waals surface area (Å²) in [6.07, 6.45) is 0.0568. The first-order valence-corrected chi connectivity index (χ1v) is 8.58. The van der Waals surface area contributed by atoms with Crippen LogP contribution in [-0.2, 0) is 20.7 Å². The molecule has 0 aliphatic rings. The van der Waals surface area contributed by atoms with Crippen LogP contribution in [0, 0.1) is 6.92 Å². The Morgan fingerprint density at radius 3 is 2.38 bits per heavy atom. The number of methoxy groups -OCH3 is 1. The van der Waals surface area contributed by atoms with Gasteiger partial charge in [-0.3, -0.25) is 9.59 Å². The molecule has 0 aliphatic carbocycles. The number of hydrogen-bond acceptors (Lipinski definition) is 4. The van der Waals surface area contributed by atoms with E-state index in [9.17, 15) is 9.59 Å². The van der Waals surface area contributed by atoms with Crippen molar-refractivity contribution in [2.75, 3.05) is 19.0 Å². The number of carbonyl (C=O) groups excluding carboxylic acids is 2. The first kappa shape index (κ1) is 19.5. The van der Waals surface area contributed by atoms with E-state index in [0.29, 0.717) is 17.4 Å². The van der Waals surface area contributed by atoms with Gasteiger partial charge >= 0.3 is 5.97 Å². The van der Waals surface area contributed by atoms with Gasteiger partial charge in [-0.15, -0.1) is 0 Å². The SMILES string of the molecule is COc1ccc(C)cc1CC(=O)OCC(=O)Nc1ccc(C(C)C)cc1. The number of anilines is 1. The van der Waals surface area contributed by atoms with Crippen LogP contribution in [0.1, 0.15) is 36.5 Å². The Balaban J connectivity index is 1.85. The van der Waals surface area contributed by atoms with E-state index in [1.807, 2.05) is 49.4 Å². The van der Waals surface area contributed by atoms with Crippen LogP contribution in [0.2, 0.25) is 0 Å². The van der Waals surface area contributed by atoms with E-state index in [2.05, 4.69) is 19.2 Å². The van der Waals surface area contributed by atoms with E-state index in [0.717, 1.165) is 11.1 Å². The van der Waals surface area contributed by atoms with Gasteiger partial charge in [-0.25, -0.2) is 0 Å². The lowest BCUT2D eigenvalue weighted by molar-refractivity contribution is -0.146. The van der Waals surface area contributed by atoms with E-state index >= 15 is 0 Å². The summed E-state index contributed by atoms with van der Waals surface area (Å²) in [5, 5.41) is 2.72. The number of esters is 1. The smallest absolute Gasteiger partial charge is 0.310 e. The van der Waals surface area contributed by atoms with Crippen LogP contribution in [0.15, 0.2) is 42.5 Å². The first-order chi connectivity index (χ1) is 12.4. The molecule has 0 fully saturated rings. The van der Waals surface area contributed by atoms with Crippen LogP contribution in [0.5, 0.6) is 5.75 Å². The zero-order chi connectivity index (χ0) is 19.1. The molecule has 2 aromatic rings. The van der Waals surface area contributed by atoms with Gasteiger partial charge < -0.3 is 14.8 Å². The second-order valence-electron chi connectivity index (χ2n) is 6.48. The average molecular weight is 355 g/mol. The number of ether oxygens (including phenoxy) is 2. The van der Waals surface area contributed by atoms with Crippen molar-refractivity contribution in [1.82, 2.24) is 0 Å². The summed E-state index contributed by atoms with van der Waals surface area (Å²) in [6, 6.07) is 13.2. The Bertz CT molecular complexity index is 766. The lowest BCUT2D eigenvalue weighted by atomic mass is 10.0. The fourth-order valence-corrected chi connectivity index (χ4v) is 2.55. The van der Waals surface area contributed by atoms with E-state index in [1.165, 1.54) is 5.56 Å². The molecule has 0 spiro atoms. The van der Waals surface area contributed by atoms with Crippen LogP contribution in [0.4, 0.5) is 5.69 Å². The third kappa shape index (κ3) is 5.62. The Kier molecular flexibility index (Phi) is 6.78. The molecule has 0 saturated carbocycles. The van der Waals surface area contributed by atoms with Gasteiger partial charge in [0, 0.05) is 11.3 Å². The average Bonchev–Trinajstić information content (AvgIpc) is 2.60. The summed E-state index contributed by atoms with van der Waals surface area (Å²) >= 11 is 0. The summed E-state index contributed by atoms with van der Waals surface area (Å²) in [6.45, 7) is 5.83. The molecule has 2 rings (SSSR count). The Morgan fingerprint density at radius 1 is 1.08 bits per heavy atom. The highest BCUT2D eigenvalue weighted by Gasteiger charge is 2.12. The lowest BCUT2D eigenvalue weighted by Gasteiger charge is -2.10. The van der Waals surface area contributed by atoms with Crippen LogP contribution < -0.4 is 10.1 Å². The molecule has 0 aromatic heterocycles. The molecule has 0 unspecified atom stereocenters. The van der Waals surface area contributed by atoms with Gasteiger partial charge in [0.15, 0.2) is 6.61 Å². The Labute approximate surface area is 154 Å². The summed E-state index contributed by atoms with van der Waals surface area (Å²) < 4.78 is 10.3. The first-order valence-electron chi connectivity index (χ1n) is 8.58. The minimum absolute atomic E-state index is 0.0568. The molecule has 5 heteroatoms. The highest BCUT2D eigenvalue weighted by atomic mass is 16.5. The topological polar surface area (TPSA) is 64.6 Å². The molecule has 1 N–H and O–H groups in total. The molecule has 0 radical (unpaired) electrons. The molecule has 26 heavy (non-hydrogen) atoms. The number of aryl methyl sites for hydroxylation is 1. The number of carbonyl (C=O) groups is 2. The van der Waals surface area contributed by atoms with Crippen molar-refractivity contribution in [3.63, 3.8) is 0 Å². The molecular formula is C21H25NO4. The van der Waals surface area contributed by atoms with Crippen LogP contribution in [0.25, 0.3) is 0 Å². The monoisotopic (exact) mass is 355 g/mol. The fourth-order valence-electron chi connectivity index (χ4n) is 2.55.